The lowest BCUT2D eigenvalue weighted by atomic mass is 9.95. The Bertz CT molecular complexity index is 1870. The number of anilines is 3. The molecule has 3 amide bonds. The highest BCUT2D eigenvalue weighted by molar-refractivity contribution is 6.30. The van der Waals surface area contributed by atoms with Crippen LogP contribution in [-0.2, 0) is 14.3 Å². The van der Waals surface area contributed by atoms with E-state index in [1.54, 1.807) is 48.7 Å². The first kappa shape index (κ1) is 36.2. The fourth-order valence-electron chi connectivity index (χ4n) is 4.84. The molecule has 13 nitrogen and oxygen atoms in total. The minimum Gasteiger partial charge on any atom is -0.475 e. The van der Waals surface area contributed by atoms with Gasteiger partial charge in [0.2, 0.25) is 5.91 Å². The number of fused-ring (bicyclic) bond motifs is 4. The number of rotatable bonds is 4. The SMILES string of the molecule is COC(=O)Nc1ccc2c(c1)NC(=O)[C@H](C)CCC[C@H](NC(=O)c1cnn(-c3cccc(Cl)c3)c1N)c1cc-2ccn1.O=C(O)C(F)(F)F. The zero-order valence-corrected chi connectivity index (χ0v) is 26.8. The molecule has 6 N–H and O–H groups in total. The second-order valence-electron chi connectivity index (χ2n) is 10.8. The van der Waals surface area contributed by atoms with E-state index in [1.807, 2.05) is 19.1 Å². The quantitative estimate of drug-likeness (QED) is 0.165. The Kier molecular flexibility index (Phi) is 11.5. The summed E-state index contributed by atoms with van der Waals surface area (Å²) in [5.74, 6) is -3.42. The van der Waals surface area contributed by atoms with E-state index in [0.29, 0.717) is 47.0 Å². The second kappa shape index (κ2) is 15.5. The summed E-state index contributed by atoms with van der Waals surface area (Å²) in [5, 5.41) is 20.7. The van der Waals surface area contributed by atoms with Crippen LogP contribution in [0.1, 0.15) is 48.3 Å². The smallest absolute Gasteiger partial charge is 0.475 e. The number of methoxy groups -OCH3 is 1. The van der Waals surface area contributed by atoms with Crippen LogP contribution < -0.4 is 21.7 Å². The van der Waals surface area contributed by atoms with E-state index in [0.717, 1.165) is 11.1 Å². The third-order valence-corrected chi connectivity index (χ3v) is 7.62. The number of nitrogen functional groups attached to an aromatic ring is 1. The Morgan fingerprint density at radius 3 is 2.53 bits per heavy atom. The van der Waals surface area contributed by atoms with Crippen LogP contribution in [0.3, 0.4) is 0 Å². The molecule has 2 bridgehead atoms. The highest BCUT2D eigenvalue weighted by Crippen LogP contribution is 2.34. The number of alkyl halides is 3. The Morgan fingerprint density at radius 2 is 1.86 bits per heavy atom. The number of benzene rings is 2. The Hall–Kier alpha value is -5.64. The van der Waals surface area contributed by atoms with Gasteiger partial charge < -0.3 is 26.2 Å². The lowest BCUT2D eigenvalue weighted by Gasteiger charge is -2.22. The first-order valence-corrected chi connectivity index (χ1v) is 15.0. The number of pyridine rings is 1. The van der Waals surface area contributed by atoms with Crippen molar-refractivity contribution in [2.24, 2.45) is 5.92 Å². The average molecular weight is 702 g/mol. The van der Waals surface area contributed by atoms with Gasteiger partial charge in [-0.3, -0.25) is 19.9 Å². The molecule has 0 radical (unpaired) electrons. The molecule has 17 heteroatoms. The van der Waals surface area contributed by atoms with Crippen LogP contribution in [-0.4, -0.2) is 57.0 Å². The number of amides is 3. The maximum absolute atomic E-state index is 13.5. The van der Waals surface area contributed by atoms with Crippen molar-refractivity contribution in [3.05, 3.63) is 83.3 Å². The van der Waals surface area contributed by atoms with Gasteiger partial charge in [0.05, 0.1) is 36.4 Å². The largest absolute Gasteiger partial charge is 0.490 e. The van der Waals surface area contributed by atoms with Gasteiger partial charge in [0.1, 0.15) is 11.4 Å². The van der Waals surface area contributed by atoms with Crippen LogP contribution in [0.2, 0.25) is 5.02 Å². The highest BCUT2D eigenvalue weighted by atomic mass is 35.5. The van der Waals surface area contributed by atoms with E-state index in [4.69, 9.17) is 32.0 Å². The first-order valence-electron chi connectivity index (χ1n) is 14.6. The van der Waals surface area contributed by atoms with Gasteiger partial charge >= 0.3 is 18.2 Å². The normalized spacial score (nSPS) is 15.9. The van der Waals surface area contributed by atoms with Crippen molar-refractivity contribution in [1.82, 2.24) is 20.1 Å². The van der Waals surface area contributed by atoms with Gasteiger partial charge in [-0.2, -0.15) is 18.3 Å². The van der Waals surface area contributed by atoms with Crippen molar-refractivity contribution in [3.8, 4) is 16.8 Å². The standard InChI is InChI=1S/C30H30ClN7O4.C2HF3O2/c1-17-5-3-8-24(36-29(40)23-16-34-38(27(23)32)21-7-4-6-19(31)14-21)26-13-18(11-12-33-26)22-10-9-20(35-30(41)42-2)15-25(22)37-28(17)39;3-2(4,5)1(6)7/h4,6-7,9-17,24H,3,5,8,32H2,1-2H3,(H,35,41)(H,36,40)(H,37,39);(H,6,7)/t17-,24+;/m1./s1. The minimum atomic E-state index is -5.08. The van der Waals surface area contributed by atoms with Gasteiger partial charge in [-0.15, -0.1) is 0 Å². The number of hydrogen-bond donors (Lipinski definition) is 5. The number of nitrogens with one attached hydrogen (secondary N) is 3. The number of halogens is 4. The number of ether oxygens (including phenoxy) is 1. The second-order valence-corrected chi connectivity index (χ2v) is 11.3. The van der Waals surface area contributed by atoms with Crippen molar-refractivity contribution in [2.75, 3.05) is 23.5 Å². The van der Waals surface area contributed by atoms with E-state index in [1.165, 1.54) is 18.0 Å². The lowest BCUT2D eigenvalue weighted by Crippen LogP contribution is -2.30. The molecular weight excluding hydrogens is 671 g/mol. The number of aromatic nitrogens is 3. The monoisotopic (exact) mass is 701 g/mol. The van der Waals surface area contributed by atoms with Gasteiger partial charge in [-0.25, -0.2) is 14.3 Å². The van der Waals surface area contributed by atoms with Crippen LogP contribution in [0.4, 0.5) is 35.2 Å². The summed E-state index contributed by atoms with van der Waals surface area (Å²) in [5.41, 5.74) is 10.4. The van der Waals surface area contributed by atoms with E-state index < -0.39 is 30.2 Å². The summed E-state index contributed by atoms with van der Waals surface area (Å²) < 4.78 is 37.9. The van der Waals surface area contributed by atoms with Gasteiger partial charge in [0, 0.05) is 28.4 Å². The zero-order chi connectivity index (χ0) is 35.9. The molecule has 2 aromatic heterocycles. The molecule has 258 valence electrons. The third kappa shape index (κ3) is 9.25. The summed E-state index contributed by atoms with van der Waals surface area (Å²) >= 11 is 6.12. The van der Waals surface area contributed by atoms with Gasteiger partial charge in [0.25, 0.3) is 5.91 Å². The fraction of sp³-hybridized carbons (Fsp3) is 0.250. The van der Waals surface area contributed by atoms with Crippen molar-refractivity contribution in [1.29, 1.82) is 0 Å². The molecule has 0 fully saturated rings. The molecule has 2 atom stereocenters. The fourth-order valence-corrected chi connectivity index (χ4v) is 5.03. The van der Waals surface area contributed by atoms with Crippen LogP contribution in [0, 0.1) is 5.92 Å². The maximum Gasteiger partial charge on any atom is 0.490 e. The lowest BCUT2D eigenvalue weighted by molar-refractivity contribution is -0.192. The predicted molar refractivity (Wildman–Crippen MR) is 174 cm³/mol. The predicted octanol–water partition coefficient (Wildman–Crippen LogP) is 6.21. The number of nitrogens with zero attached hydrogens (tertiary/aromatic N) is 3. The molecule has 0 spiro atoms. The Morgan fingerprint density at radius 1 is 1.12 bits per heavy atom. The molecule has 0 saturated carbocycles. The summed E-state index contributed by atoms with van der Waals surface area (Å²) in [4.78, 5) is 51.8. The van der Waals surface area contributed by atoms with Crippen molar-refractivity contribution in [3.63, 3.8) is 0 Å². The van der Waals surface area contributed by atoms with Crippen LogP contribution in [0.15, 0.2) is 67.0 Å². The summed E-state index contributed by atoms with van der Waals surface area (Å²) in [6.07, 6.45) is -0.825. The van der Waals surface area contributed by atoms with E-state index >= 15 is 0 Å². The number of carbonyl (C=O) groups excluding carboxylic acids is 3. The Labute approximate surface area is 282 Å². The molecule has 1 aliphatic rings. The molecule has 3 heterocycles. The molecular formula is C32H31ClF3N7O6. The van der Waals surface area contributed by atoms with E-state index in [9.17, 15) is 27.6 Å². The van der Waals surface area contributed by atoms with Crippen LogP contribution >= 0.6 is 11.6 Å². The molecule has 0 unspecified atom stereocenters. The number of nitrogens with two attached hydrogens (primary N) is 1. The summed E-state index contributed by atoms with van der Waals surface area (Å²) in [6, 6.07) is 15.5. The highest BCUT2D eigenvalue weighted by Gasteiger charge is 2.38. The molecule has 2 aromatic carbocycles. The van der Waals surface area contributed by atoms with Crippen molar-refractivity contribution in [2.45, 2.75) is 38.4 Å². The summed E-state index contributed by atoms with van der Waals surface area (Å²) in [7, 11) is 1.28. The molecule has 0 aliphatic carbocycles. The van der Waals surface area contributed by atoms with Crippen LogP contribution in [0.25, 0.3) is 16.8 Å². The first-order chi connectivity index (χ1) is 23.2. The van der Waals surface area contributed by atoms with E-state index in [2.05, 4.69) is 26.0 Å². The number of hydrogen-bond acceptors (Lipinski definition) is 8. The average Bonchev–Trinajstić information content (AvgIpc) is 3.45. The molecule has 1 aliphatic heterocycles. The topological polar surface area (TPSA) is 191 Å². The third-order valence-electron chi connectivity index (χ3n) is 7.39. The summed E-state index contributed by atoms with van der Waals surface area (Å²) in [6.45, 7) is 1.85. The number of carboxylic acid groups (broad SMARTS) is 1. The van der Waals surface area contributed by atoms with Gasteiger partial charge in [0.15, 0.2) is 0 Å². The van der Waals surface area contributed by atoms with Crippen molar-refractivity contribution >= 4 is 52.7 Å². The molecule has 4 aromatic rings. The number of aliphatic carboxylic acids is 1. The molecule has 49 heavy (non-hydrogen) atoms. The van der Waals surface area contributed by atoms with Crippen LogP contribution in [0.5, 0.6) is 0 Å². The number of carboxylic acids is 1. The minimum absolute atomic E-state index is 0.150. The number of carbonyl (C=O) groups is 4. The Balaban J connectivity index is 0.000000698. The molecule has 0 saturated heterocycles. The molecule has 5 rings (SSSR count). The van der Waals surface area contributed by atoms with Crippen molar-refractivity contribution < 1.29 is 42.2 Å². The van der Waals surface area contributed by atoms with Gasteiger partial charge in [-0.05, 0) is 60.9 Å². The zero-order valence-electron chi connectivity index (χ0n) is 26.0. The van der Waals surface area contributed by atoms with E-state index in [-0.39, 0.29) is 23.2 Å². The maximum atomic E-state index is 13.5. The van der Waals surface area contributed by atoms with Gasteiger partial charge in [-0.1, -0.05) is 37.1 Å².